The van der Waals surface area contributed by atoms with Gasteiger partial charge in [-0.3, -0.25) is 4.79 Å². The van der Waals surface area contributed by atoms with Crippen LogP contribution in [0.15, 0.2) is 18.2 Å². The zero-order valence-corrected chi connectivity index (χ0v) is 12.1. The molecule has 1 aromatic carbocycles. The summed E-state index contributed by atoms with van der Waals surface area (Å²) in [5.74, 6) is -1.61. The highest BCUT2D eigenvalue weighted by atomic mass is 35.5. The number of rotatable bonds is 3. The van der Waals surface area contributed by atoms with Gasteiger partial charge >= 0.3 is 7.75 Å². The summed E-state index contributed by atoms with van der Waals surface area (Å²) >= 11 is 5.58. The molecule has 2 aromatic rings. The molecule has 0 aliphatic rings. The lowest BCUT2D eigenvalue weighted by molar-refractivity contribution is 0.102. The van der Waals surface area contributed by atoms with Crippen LogP contribution in [0.1, 0.15) is 16.1 Å². The lowest BCUT2D eigenvalue weighted by Gasteiger charge is -2.05. The largest absolute Gasteiger partial charge is 0.466 e. The minimum atomic E-state index is -4.81. The van der Waals surface area contributed by atoms with Gasteiger partial charge in [0.05, 0.1) is 5.69 Å². The first-order valence-corrected chi connectivity index (χ1v) is 7.39. The van der Waals surface area contributed by atoms with Crippen molar-refractivity contribution in [2.45, 2.75) is 6.92 Å². The molecule has 0 saturated heterocycles. The molecular weight excluding hydrogens is 326 g/mol. The van der Waals surface area contributed by atoms with E-state index >= 15 is 0 Å². The smallest absolute Gasteiger partial charge is 0.318 e. The molecule has 3 N–H and O–H groups in total. The number of carbonyl (C=O) groups is 1. The van der Waals surface area contributed by atoms with Crippen LogP contribution in [0.3, 0.4) is 0 Å². The second kappa shape index (κ2) is 5.53. The van der Waals surface area contributed by atoms with Gasteiger partial charge in [0.1, 0.15) is 5.82 Å². The molecule has 0 radical (unpaired) electrons. The fourth-order valence-electron chi connectivity index (χ4n) is 1.44. The summed E-state index contributed by atoms with van der Waals surface area (Å²) in [7, 11) is -4.81. The average molecular weight is 335 g/mol. The Balaban J connectivity index is 2.29. The van der Waals surface area contributed by atoms with Crippen LogP contribution in [0.25, 0.3) is 0 Å². The number of carbonyl (C=O) groups excluding carboxylic acids is 1. The number of anilines is 1. The highest BCUT2D eigenvalue weighted by molar-refractivity contribution is 7.49. The molecule has 0 atom stereocenters. The Kier molecular flexibility index (Phi) is 4.11. The Bertz CT molecular complexity index is 760. The topological polar surface area (TPSA) is 117 Å². The van der Waals surface area contributed by atoms with Crippen molar-refractivity contribution in [1.82, 2.24) is 14.8 Å². The van der Waals surface area contributed by atoms with E-state index in [0.29, 0.717) is 5.56 Å². The van der Waals surface area contributed by atoms with Gasteiger partial charge in [0, 0.05) is 0 Å². The van der Waals surface area contributed by atoms with Crippen molar-refractivity contribution in [2.75, 3.05) is 5.32 Å². The molecule has 0 saturated carbocycles. The molecule has 1 amide bonds. The summed E-state index contributed by atoms with van der Waals surface area (Å²) in [5, 5.41) is 8.22. The zero-order valence-electron chi connectivity index (χ0n) is 10.5. The predicted molar refractivity (Wildman–Crippen MR) is 71.6 cm³/mol. The van der Waals surface area contributed by atoms with Crippen molar-refractivity contribution in [3.8, 4) is 0 Å². The molecule has 8 nitrogen and oxygen atoms in total. The highest BCUT2D eigenvalue weighted by Gasteiger charge is 2.26. The monoisotopic (exact) mass is 334 g/mol. The first-order valence-electron chi connectivity index (χ1n) is 5.45. The summed E-state index contributed by atoms with van der Waals surface area (Å²) in [4.78, 5) is 29.6. The minimum absolute atomic E-state index is 0.0236. The number of hydrogen-bond donors (Lipinski definition) is 3. The van der Waals surface area contributed by atoms with Crippen LogP contribution in [-0.4, -0.2) is 30.5 Å². The maximum absolute atomic E-state index is 13.6. The minimum Gasteiger partial charge on any atom is -0.318 e. The van der Waals surface area contributed by atoms with Crippen molar-refractivity contribution < 1.29 is 23.5 Å². The Hall–Kier alpha value is -1.80. The molecule has 0 aliphatic carbocycles. The molecule has 0 aliphatic heterocycles. The van der Waals surface area contributed by atoms with Crippen molar-refractivity contribution in [1.29, 1.82) is 0 Å². The Morgan fingerprint density at radius 2 is 2.10 bits per heavy atom. The third-order valence-corrected chi connectivity index (χ3v) is 3.28. The molecule has 2 rings (SSSR count). The second-order valence-electron chi connectivity index (χ2n) is 4.06. The first-order chi connectivity index (χ1) is 9.68. The van der Waals surface area contributed by atoms with Gasteiger partial charge in [0.25, 0.3) is 5.91 Å². The van der Waals surface area contributed by atoms with E-state index in [0.717, 1.165) is 0 Å². The SMILES string of the molecule is Cc1ccc(NC(=O)c2nn(P(=O)(O)O)nc2Cl)c(F)c1. The zero-order chi connectivity index (χ0) is 15.8. The van der Waals surface area contributed by atoms with Crippen LogP contribution in [0.5, 0.6) is 0 Å². The van der Waals surface area contributed by atoms with Crippen molar-refractivity contribution in [2.24, 2.45) is 0 Å². The molecule has 1 aromatic heterocycles. The van der Waals surface area contributed by atoms with Crippen LogP contribution in [-0.2, 0) is 4.57 Å². The number of benzene rings is 1. The third kappa shape index (κ3) is 3.45. The van der Waals surface area contributed by atoms with Gasteiger partial charge in [0.15, 0.2) is 10.8 Å². The normalized spacial score (nSPS) is 11.5. The van der Waals surface area contributed by atoms with Gasteiger partial charge in [-0.2, -0.15) is 0 Å². The van der Waals surface area contributed by atoms with Crippen molar-refractivity contribution in [3.05, 3.63) is 40.4 Å². The Morgan fingerprint density at radius 1 is 1.43 bits per heavy atom. The number of amides is 1. The molecule has 0 bridgehead atoms. The number of aryl methyl sites for hydroxylation is 1. The van der Waals surface area contributed by atoms with Gasteiger partial charge < -0.3 is 15.1 Å². The predicted octanol–water partition coefficient (Wildman–Crippen LogP) is 1.57. The fraction of sp³-hybridized carbons (Fsp3) is 0.100. The molecule has 0 spiro atoms. The molecule has 0 unspecified atom stereocenters. The number of nitrogens with zero attached hydrogens (tertiary/aromatic N) is 3. The van der Waals surface area contributed by atoms with Gasteiger partial charge in [0.2, 0.25) is 0 Å². The molecule has 11 heteroatoms. The third-order valence-electron chi connectivity index (χ3n) is 2.38. The van der Waals surface area contributed by atoms with E-state index < -0.39 is 30.3 Å². The highest BCUT2D eigenvalue weighted by Crippen LogP contribution is 2.35. The summed E-state index contributed by atoms with van der Waals surface area (Å²) < 4.78 is 24.6. The summed E-state index contributed by atoms with van der Waals surface area (Å²) in [6, 6.07) is 4.13. The van der Waals surface area contributed by atoms with Gasteiger partial charge in [-0.25, -0.2) is 8.96 Å². The average Bonchev–Trinajstić information content (AvgIpc) is 2.75. The van der Waals surface area contributed by atoms with Crippen molar-refractivity contribution >= 4 is 30.9 Å². The molecule has 0 fully saturated rings. The van der Waals surface area contributed by atoms with Crippen LogP contribution < -0.4 is 5.32 Å². The van der Waals surface area contributed by atoms with E-state index in [1.807, 2.05) is 0 Å². The van der Waals surface area contributed by atoms with E-state index in [-0.39, 0.29) is 10.3 Å². The van der Waals surface area contributed by atoms with Gasteiger partial charge in [-0.05, 0) is 24.6 Å². The molecular formula is C10H9ClFN4O4P. The van der Waals surface area contributed by atoms with Crippen LogP contribution in [0.4, 0.5) is 10.1 Å². The van der Waals surface area contributed by atoms with E-state index in [2.05, 4.69) is 15.5 Å². The number of halogens is 2. The molecule has 21 heavy (non-hydrogen) atoms. The van der Waals surface area contributed by atoms with E-state index in [4.69, 9.17) is 21.4 Å². The molecule has 1 heterocycles. The molecule has 112 valence electrons. The number of nitrogens with one attached hydrogen (secondary N) is 1. The van der Waals surface area contributed by atoms with Crippen LogP contribution in [0, 0.1) is 12.7 Å². The maximum Gasteiger partial charge on any atom is 0.466 e. The van der Waals surface area contributed by atoms with Crippen molar-refractivity contribution in [3.63, 3.8) is 0 Å². The summed E-state index contributed by atoms with van der Waals surface area (Å²) in [6.45, 7) is 1.68. The number of hydrogen-bond acceptors (Lipinski definition) is 4. The maximum atomic E-state index is 13.6. The Labute approximate surface area is 122 Å². The lowest BCUT2D eigenvalue weighted by atomic mass is 10.2. The standard InChI is InChI=1S/C10H9ClFN4O4P/c1-5-2-3-7(6(12)4-5)13-10(17)8-9(11)15-16(14-8)21(18,19)20/h2-4H,1H3,(H,13,17)(H2,18,19,20). The van der Waals surface area contributed by atoms with E-state index in [1.54, 1.807) is 13.0 Å². The quantitative estimate of drug-likeness (QED) is 0.733. The summed E-state index contributed by atoms with van der Waals surface area (Å²) in [5.41, 5.74) is 0.0170. The van der Waals surface area contributed by atoms with Crippen LogP contribution in [0.2, 0.25) is 5.15 Å². The first kappa shape index (κ1) is 15.6. The fourth-order valence-corrected chi connectivity index (χ4v) is 2.10. The lowest BCUT2D eigenvalue weighted by Crippen LogP contribution is -2.14. The van der Waals surface area contributed by atoms with Crippen LogP contribution >= 0.6 is 19.3 Å². The van der Waals surface area contributed by atoms with E-state index in [1.165, 1.54) is 12.1 Å². The summed E-state index contributed by atoms with van der Waals surface area (Å²) in [6.07, 6.45) is 0. The van der Waals surface area contributed by atoms with E-state index in [9.17, 15) is 13.8 Å². The Morgan fingerprint density at radius 3 is 2.62 bits per heavy atom. The number of aromatic nitrogens is 3. The van der Waals surface area contributed by atoms with Gasteiger partial charge in [-0.1, -0.05) is 22.2 Å². The van der Waals surface area contributed by atoms with Gasteiger partial charge in [-0.15, -0.1) is 10.2 Å². The second-order valence-corrected chi connectivity index (χ2v) is 5.80.